The summed E-state index contributed by atoms with van der Waals surface area (Å²) in [5.74, 6) is 0. The van der Waals surface area contributed by atoms with Gasteiger partial charge in [-0.25, -0.2) is 4.39 Å². The van der Waals surface area contributed by atoms with Crippen LogP contribution >= 0.6 is 15.9 Å². The summed E-state index contributed by atoms with van der Waals surface area (Å²) in [7, 11) is 0. The molecule has 1 rings (SSSR count). The second kappa shape index (κ2) is 4.22. The first-order valence-corrected chi connectivity index (χ1v) is 4.30. The van der Waals surface area contributed by atoms with Crippen LogP contribution in [0.1, 0.15) is 5.56 Å². The molecule has 1 aromatic carbocycles. The maximum atomic E-state index is 12.6. The average molecular weight is 228 g/mol. The molecule has 1 nitrogen and oxygen atoms in total. The molecule has 0 aliphatic carbocycles. The van der Waals surface area contributed by atoms with Gasteiger partial charge in [0.1, 0.15) is 6.07 Å². The van der Waals surface area contributed by atoms with Crippen LogP contribution < -0.4 is 0 Å². The Labute approximate surface area is 79.0 Å². The van der Waals surface area contributed by atoms with E-state index in [4.69, 9.17) is 5.26 Å². The van der Waals surface area contributed by atoms with E-state index in [1.807, 2.05) is 18.2 Å². The number of hydrogen-bond acceptors (Lipinski definition) is 1. The number of benzene rings is 1. The highest BCUT2D eigenvalue weighted by Gasteiger charge is 2.07. The van der Waals surface area contributed by atoms with E-state index in [-0.39, 0.29) is 6.42 Å². The average Bonchev–Trinajstić information content (AvgIpc) is 2.09. The lowest BCUT2D eigenvalue weighted by Crippen LogP contribution is -2.01. The van der Waals surface area contributed by atoms with Crippen LogP contribution in [-0.2, 0) is 6.42 Å². The van der Waals surface area contributed by atoms with Gasteiger partial charge >= 0.3 is 0 Å². The maximum absolute atomic E-state index is 12.6. The van der Waals surface area contributed by atoms with Crippen LogP contribution in [0.5, 0.6) is 0 Å². The van der Waals surface area contributed by atoms with E-state index in [0.29, 0.717) is 0 Å². The van der Waals surface area contributed by atoms with Crippen LogP contribution in [0.2, 0.25) is 0 Å². The van der Waals surface area contributed by atoms with Gasteiger partial charge in [0.25, 0.3) is 0 Å². The zero-order valence-electron chi connectivity index (χ0n) is 6.30. The summed E-state index contributed by atoms with van der Waals surface area (Å²) >= 11 is 3.28. The third-order valence-corrected chi connectivity index (χ3v) is 2.27. The highest BCUT2D eigenvalue weighted by Crippen LogP contribution is 2.17. The van der Waals surface area contributed by atoms with Gasteiger partial charge in [0.15, 0.2) is 6.17 Å². The zero-order valence-corrected chi connectivity index (χ0v) is 7.88. The standard InChI is InChI=1S/C9H7BrFN/c10-9-4-2-1-3-7(9)5-8(11)6-12/h1-4,8H,5H2. The molecular weight excluding hydrogens is 221 g/mol. The number of alkyl halides is 1. The zero-order chi connectivity index (χ0) is 8.97. The van der Waals surface area contributed by atoms with E-state index in [1.165, 1.54) is 0 Å². The predicted octanol–water partition coefficient (Wildman–Crippen LogP) is 2.85. The molecule has 3 heteroatoms. The molecule has 0 aromatic heterocycles. The van der Waals surface area contributed by atoms with E-state index in [9.17, 15) is 4.39 Å². The van der Waals surface area contributed by atoms with Crippen LogP contribution in [0.4, 0.5) is 4.39 Å². The largest absolute Gasteiger partial charge is 0.231 e. The Morgan fingerprint density at radius 3 is 2.75 bits per heavy atom. The first kappa shape index (κ1) is 9.21. The van der Waals surface area contributed by atoms with Crippen molar-refractivity contribution in [3.8, 4) is 6.07 Å². The molecule has 0 aliphatic heterocycles. The molecule has 0 saturated carbocycles. The summed E-state index contributed by atoms with van der Waals surface area (Å²) in [4.78, 5) is 0. The lowest BCUT2D eigenvalue weighted by molar-refractivity contribution is 0.407. The van der Waals surface area contributed by atoms with Gasteiger partial charge in [0.2, 0.25) is 0 Å². The monoisotopic (exact) mass is 227 g/mol. The maximum Gasteiger partial charge on any atom is 0.190 e. The van der Waals surface area contributed by atoms with Gasteiger partial charge in [0.05, 0.1) is 0 Å². The molecule has 62 valence electrons. The number of nitrogens with zero attached hydrogens (tertiary/aromatic N) is 1. The van der Waals surface area contributed by atoms with Gasteiger partial charge in [-0.15, -0.1) is 0 Å². The Morgan fingerprint density at radius 2 is 2.17 bits per heavy atom. The van der Waals surface area contributed by atoms with Crippen LogP contribution in [0.3, 0.4) is 0 Å². The third kappa shape index (κ3) is 2.31. The molecule has 0 bridgehead atoms. The van der Waals surface area contributed by atoms with Crippen molar-refractivity contribution in [3.05, 3.63) is 34.3 Å². The summed E-state index contributed by atoms with van der Waals surface area (Å²) in [6, 6.07) is 8.86. The Balaban J connectivity index is 2.77. The number of halogens is 2. The molecule has 0 fully saturated rings. The van der Waals surface area contributed by atoms with Crippen LogP contribution in [-0.4, -0.2) is 6.17 Å². The van der Waals surface area contributed by atoms with Gasteiger partial charge in [-0.3, -0.25) is 0 Å². The van der Waals surface area contributed by atoms with Gasteiger partial charge < -0.3 is 0 Å². The SMILES string of the molecule is N#CC(F)Cc1ccccc1Br. The van der Waals surface area contributed by atoms with Gasteiger partial charge in [-0.05, 0) is 11.6 Å². The van der Waals surface area contributed by atoms with Crippen molar-refractivity contribution < 1.29 is 4.39 Å². The Hall–Kier alpha value is -0.880. The number of hydrogen-bond donors (Lipinski definition) is 0. The first-order valence-electron chi connectivity index (χ1n) is 3.51. The minimum atomic E-state index is -1.41. The van der Waals surface area contributed by atoms with Crippen molar-refractivity contribution in [3.63, 3.8) is 0 Å². The van der Waals surface area contributed by atoms with Crippen molar-refractivity contribution in [2.24, 2.45) is 0 Å². The van der Waals surface area contributed by atoms with Crippen molar-refractivity contribution in [1.29, 1.82) is 5.26 Å². The smallest absolute Gasteiger partial charge is 0.190 e. The van der Waals surface area contributed by atoms with E-state index in [2.05, 4.69) is 15.9 Å². The molecule has 1 atom stereocenters. The Kier molecular flexibility index (Phi) is 3.24. The van der Waals surface area contributed by atoms with Gasteiger partial charge in [0, 0.05) is 10.9 Å². The lowest BCUT2D eigenvalue weighted by Gasteiger charge is -2.02. The molecule has 0 aliphatic rings. The topological polar surface area (TPSA) is 23.8 Å². The molecule has 0 N–H and O–H groups in total. The van der Waals surface area contributed by atoms with E-state index < -0.39 is 6.17 Å². The molecule has 1 unspecified atom stereocenters. The summed E-state index contributed by atoms with van der Waals surface area (Å²) in [6.45, 7) is 0. The van der Waals surface area contributed by atoms with Crippen LogP contribution in [0.25, 0.3) is 0 Å². The fourth-order valence-corrected chi connectivity index (χ4v) is 1.35. The molecule has 0 heterocycles. The number of rotatable bonds is 2. The summed E-state index contributed by atoms with van der Waals surface area (Å²) < 4.78 is 13.5. The summed E-state index contributed by atoms with van der Waals surface area (Å²) in [6.07, 6.45) is -1.26. The van der Waals surface area contributed by atoms with E-state index in [1.54, 1.807) is 12.1 Å². The van der Waals surface area contributed by atoms with Crippen molar-refractivity contribution in [1.82, 2.24) is 0 Å². The summed E-state index contributed by atoms with van der Waals surface area (Å²) in [5, 5.41) is 8.25. The molecular formula is C9H7BrFN. The normalized spacial score (nSPS) is 12.1. The van der Waals surface area contributed by atoms with Gasteiger partial charge in [-0.2, -0.15) is 5.26 Å². The van der Waals surface area contributed by atoms with E-state index >= 15 is 0 Å². The van der Waals surface area contributed by atoms with Crippen molar-refractivity contribution >= 4 is 15.9 Å². The molecule has 0 spiro atoms. The Morgan fingerprint density at radius 1 is 1.50 bits per heavy atom. The fourth-order valence-electron chi connectivity index (χ4n) is 0.903. The highest BCUT2D eigenvalue weighted by atomic mass is 79.9. The van der Waals surface area contributed by atoms with Crippen LogP contribution in [0.15, 0.2) is 28.7 Å². The lowest BCUT2D eigenvalue weighted by atomic mass is 10.1. The highest BCUT2D eigenvalue weighted by molar-refractivity contribution is 9.10. The molecule has 12 heavy (non-hydrogen) atoms. The summed E-state index contributed by atoms with van der Waals surface area (Å²) in [5.41, 5.74) is 0.826. The minimum absolute atomic E-state index is 0.151. The second-order valence-electron chi connectivity index (χ2n) is 2.39. The molecule has 1 aromatic rings. The fraction of sp³-hybridized carbons (Fsp3) is 0.222. The van der Waals surface area contributed by atoms with Crippen molar-refractivity contribution in [2.45, 2.75) is 12.6 Å². The minimum Gasteiger partial charge on any atom is -0.231 e. The van der Waals surface area contributed by atoms with E-state index in [0.717, 1.165) is 10.0 Å². The Bertz CT molecular complexity index is 306. The molecule has 0 radical (unpaired) electrons. The predicted molar refractivity (Wildman–Crippen MR) is 48.4 cm³/mol. The molecule has 0 saturated heterocycles. The first-order chi connectivity index (χ1) is 5.74. The van der Waals surface area contributed by atoms with Gasteiger partial charge in [-0.1, -0.05) is 34.1 Å². The number of nitriles is 1. The molecule has 0 amide bonds. The van der Waals surface area contributed by atoms with Crippen LogP contribution in [0, 0.1) is 11.3 Å². The van der Waals surface area contributed by atoms with Crippen molar-refractivity contribution in [2.75, 3.05) is 0 Å². The quantitative estimate of drug-likeness (QED) is 0.763. The second-order valence-corrected chi connectivity index (χ2v) is 3.25. The third-order valence-electron chi connectivity index (χ3n) is 1.50.